The molecular weight excluding hydrogens is 330 g/mol. The molecule has 0 fully saturated rings. The van der Waals surface area contributed by atoms with E-state index in [2.05, 4.69) is 48.9 Å². The average molecular weight is 348 g/mol. The summed E-state index contributed by atoms with van der Waals surface area (Å²) in [6, 6.07) is 8.35. The van der Waals surface area contributed by atoms with Crippen molar-refractivity contribution in [1.29, 1.82) is 0 Å². The number of hydrogen-bond donors (Lipinski definition) is 1. The van der Waals surface area contributed by atoms with Gasteiger partial charge in [0.15, 0.2) is 0 Å². The summed E-state index contributed by atoms with van der Waals surface area (Å²) in [6.07, 6.45) is 3.75. The SMILES string of the molecule is CCn1ncc(Br)c1C(Cn1cnc2ccccc21)NC. The Morgan fingerprint density at radius 3 is 2.90 bits per heavy atom. The lowest BCUT2D eigenvalue weighted by molar-refractivity contribution is 0.460. The van der Waals surface area contributed by atoms with E-state index in [0.29, 0.717) is 0 Å². The number of aryl methyl sites for hydroxylation is 1. The van der Waals surface area contributed by atoms with Crippen molar-refractivity contribution in [2.45, 2.75) is 26.1 Å². The van der Waals surface area contributed by atoms with Crippen LogP contribution in [0.5, 0.6) is 0 Å². The Balaban J connectivity index is 1.96. The lowest BCUT2D eigenvalue weighted by Gasteiger charge is -2.19. The molecule has 0 aliphatic rings. The summed E-state index contributed by atoms with van der Waals surface area (Å²) in [4.78, 5) is 4.45. The van der Waals surface area contributed by atoms with Crippen LogP contribution in [0, 0.1) is 0 Å². The average Bonchev–Trinajstić information content (AvgIpc) is 3.08. The normalized spacial score (nSPS) is 12.9. The molecule has 0 bridgehead atoms. The minimum Gasteiger partial charge on any atom is -0.329 e. The first kappa shape index (κ1) is 14.3. The van der Waals surface area contributed by atoms with Gasteiger partial charge in [-0.25, -0.2) is 4.98 Å². The van der Waals surface area contributed by atoms with Gasteiger partial charge in [0.2, 0.25) is 0 Å². The molecule has 0 spiro atoms. The minimum absolute atomic E-state index is 0.166. The van der Waals surface area contributed by atoms with Crippen molar-refractivity contribution in [3.8, 4) is 0 Å². The summed E-state index contributed by atoms with van der Waals surface area (Å²) < 4.78 is 5.23. The molecule has 3 rings (SSSR count). The second-order valence-electron chi connectivity index (χ2n) is 4.92. The number of nitrogens with one attached hydrogen (secondary N) is 1. The number of nitrogens with zero attached hydrogens (tertiary/aromatic N) is 4. The number of aromatic nitrogens is 4. The maximum Gasteiger partial charge on any atom is 0.0958 e. The number of halogens is 1. The van der Waals surface area contributed by atoms with Gasteiger partial charge in [0.1, 0.15) is 0 Å². The summed E-state index contributed by atoms with van der Waals surface area (Å²) in [6.45, 7) is 3.76. The van der Waals surface area contributed by atoms with Crippen LogP contribution in [0.1, 0.15) is 18.7 Å². The van der Waals surface area contributed by atoms with Crippen LogP contribution in [0.4, 0.5) is 0 Å². The van der Waals surface area contributed by atoms with Crippen molar-refractivity contribution < 1.29 is 0 Å². The smallest absolute Gasteiger partial charge is 0.0958 e. The predicted octanol–water partition coefficient (Wildman–Crippen LogP) is 2.98. The third-order valence-electron chi connectivity index (χ3n) is 3.72. The van der Waals surface area contributed by atoms with Gasteiger partial charge in [-0.15, -0.1) is 0 Å². The molecule has 5 nitrogen and oxygen atoms in total. The Morgan fingerprint density at radius 2 is 2.14 bits per heavy atom. The fourth-order valence-corrected chi connectivity index (χ4v) is 3.21. The maximum atomic E-state index is 4.45. The van der Waals surface area contributed by atoms with Crippen LogP contribution < -0.4 is 5.32 Å². The molecule has 1 aromatic carbocycles. The van der Waals surface area contributed by atoms with Gasteiger partial charge in [0.25, 0.3) is 0 Å². The molecule has 0 radical (unpaired) electrons. The highest BCUT2D eigenvalue weighted by molar-refractivity contribution is 9.10. The van der Waals surface area contributed by atoms with E-state index >= 15 is 0 Å². The largest absolute Gasteiger partial charge is 0.329 e. The summed E-state index contributed by atoms with van der Waals surface area (Å²) in [5.41, 5.74) is 3.34. The van der Waals surface area contributed by atoms with E-state index in [9.17, 15) is 0 Å². The van der Waals surface area contributed by atoms with Crippen molar-refractivity contribution in [2.75, 3.05) is 7.05 Å². The van der Waals surface area contributed by atoms with E-state index in [1.165, 1.54) is 0 Å². The van der Waals surface area contributed by atoms with E-state index < -0.39 is 0 Å². The first-order valence-corrected chi connectivity index (χ1v) is 7.82. The number of hydrogen-bond acceptors (Lipinski definition) is 3. The fraction of sp³-hybridized carbons (Fsp3) is 0.333. The first-order chi connectivity index (χ1) is 10.2. The third-order valence-corrected chi connectivity index (χ3v) is 4.33. The van der Waals surface area contributed by atoms with Gasteiger partial charge in [-0.2, -0.15) is 5.10 Å². The van der Waals surface area contributed by atoms with Crippen LogP contribution in [0.25, 0.3) is 11.0 Å². The number of imidazole rings is 1. The molecule has 0 saturated heterocycles. The Bertz CT molecular complexity index is 745. The van der Waals surface area contributed by atoms with E-state index in [1.807, 2.05) is 42.5 Å². The van der Waals surface area contributed by atoms with Crippen molar-refractivity contribution >= 4 is 27.0 Å². The van der Waals surface area contributed by atoms with Gasteiger partial charge >= 0.3 is 0 Å². The molecule has 2 aromatic heterocycles. The topological polar surface area (TPSA) is 47.7 Å². The zero-order valence-corrected chi connectivity index (χ0v) is 13.7. The Hall–Kier alpha value is -1.66. The second kappa shape index (κ2) is 5.99. The monoisotopic (exact) mass is 347 g/mol. The van der Waals surface area contributed by atoms with Crippen LogP contribution in [-0.2, 0) is 13.1 Å². The molecule has 6 heteroatoms. The zero-order valence-electron chi connectivity index (χ0n) is 12.1. The quantitative estimate of drug-likeness (QED) is 0.771. The molecule has 110 valence electrons. The standard InChI is InChI=1S/C15H18BrN5/c1-3-21-15(11(16)8-19-21)13(17-2)9-20-10-18-12-6-4-5-7-14(12)20/h4-8,10,13,17H,3,9H2,1-2H3. The predicted molar refractivity (Wildman–Crippen MR) is 87.1 cm³/mol. The number of fused-ring (bicyclic) bond motifs is 1. The highest BCUT2D eigenvalue weighted by Gasteiger charge is 2.19. The second-order valence-corrected chi connectivity index (χ2v) is 5.77. The highest BCUT2D eigenvalue weighted by Crippen LogP contribution is 2.25. The Morgan fingerprint density at radius 1 is 1.33 bits per heavy atom. The van der Waals surface area contributed by atoms with Gasteiger partial charge in [0.05, 0.1) is 39.8 Å². The minimum atomic E-state index is 0.166. The zero-order chi connectivity index (χ0) is 14.8. The molecule has 2 heterocycles. The van der Waals surface area contributed by atoms with Crippen LogP contribution >= 0.6 is 15.9 Å². The molecular formula is C15H18BrN5. The molecule has 0 saturated carbocycles. The fourth-order valence-electron chi connectivity index (χ4n) is 2.64. The van der Waals surface area contributed by atoms with E-state index in [4.69, 9.17) is 0 Å². The lowest BCUT2D eigenvalue weighted by Crippen LogP contribution is -2.25. The third kappa shape index (κ3) is 2.61. The molecule has 1 atom stereocenters. The first-order valence-electron chi connectivity index (χ1n) is 7.03. The van der Waals surface area contributed by atoms with Gasteiger partial charge in [0, 0.05) is 13.1 Å². The van der Waals surface area contributed by atoms with Crippen molar-refractivity contribution in [3.05, 3.63) is 47.0 Å². The van der Waals surface area contributed by atoms with Crippen LogP contribution in [0.3, 0.4) is 0 Å². The number of benzene rings is 1. The van der Waals surface area contributed by atoms with Crippen LogP contribution in [0.2, 0.25) is 0 Å². The van der Waals surface area contributed by atoms with Crippen molar-refractivity contribution in [1.82, 2.24) is 24.6 Å². The maximum absolute atomic E-state index is 4.45. The van der Waals surface area contributed by atoms with E-state index in [1.54, 1.807) is 0 Å². The molecule has 0 aliphatic heterocycles. The van der Waals surface area contributed by atoms with Gasteiger partial charge < -0.3 is 9.88 Å². The molecule has 3 aromatic rings. The number of para-hydroxylation sites is 2. The molecule has 0 aliphatic carbocycles. The molecule has 1 N–H and O–H groups in total. The molecule has 0 amide bonds. The summed E-state index contributed by atoms with van der Waals surface area (Å²) in [5.74, 6) is 0. The highest BCUT2D eigenvalue weighted by atomic mass is 79.9. The Kier molecular flexibility index (Phi) is 4.07. The van der Waals surface area contributed by atoms with Gasteiger partial charge in [-0.05, 0) is 42.0 Å². The summed E-state index contributed by atoms with van der Waals surface area (Å²) in [7, 11) is 1.98. The number of likely N-dealkylation sites (N-methyl/N-ethyl adjacent to an activating group) is 1. The Labute approximate surface area is 132 Å². The lowest BCUT2D eigenvalue weighted by atomic mass is 10.2. The van der Waals surface area contributed by atoms with Gasteiger partial charge in [-0.3, -0.25) is 4.68 Å². The van der Waals surface area contributed by atoms with Gasteiger partial charge in [-0.1, -0.05) is 12.1 Å². The van der Waals surface area contributed by atoms with Crippen molar-refractivity contribution in [3.63, 3.8) is 0 Å². The van der Waals surface area contributed by atoms with Crippen LogP contribution in [0.15, 0.2) is 41.3 Å². The molecule has 1 unspecified atom stereocenters. The molecule has 21 heavy (non-hydrogen) atoms. The summed E-state index contributed by atoms with van der Waals surface area (Å²) in [5, 5.41) is 7.78. The van der Waals surface area contributed by atoms with E-state index in [-0.39, 0.29) is 6.04 Å². The van der Waals surface area contributed by atoms with Crippen molar-refractivity contribution in [2.24, 2.45) is 0 Å². The van der Waals surface area contributed by atoms with Crippen LogP contribution in [-0.4, -0.2) is 26.4 Å². The van der Waals surface area contributed by atoms with E-state index in [0.717, 1.165) is 34.3 Å². The number of rotatable bonds is 5. The summed E-state index contributed by atoms with van der Waals surface area (Å²) >= 11 is 3.61.